The number of carbonyl (C=O) groups excluding carboxylic acids is 1. The summed E-state index contributed by atoms with van der Waals surface area (Å²) in [6.07, 6.45) is 0. The van der Waals surface area contributed by atoms with Crippen molar-refractivity contribution < 1.29 is 108 Å². The molecule has 0 saturated heterocycles. The number of benzene rings is 1. The summed E-state index contributed by atoms with van der Waals surface area (Å²) in [4.78, 5) is 42.9. The molecule has 0 radical (unpaired) electrons. The maximum Gasteiger partial charge on any atom is 1.00 e. The Morgan fingerprint density at radius 3 is 1.26 bits per heavy atom. The number of carbonyl (C=O) groups is 4. The smallest absolute Gasteiger partial charge is 0.545 e. The van der Waals surface area contributed by atoms with Crippen molar-refractivity contribution in [1.82, 2.24) is 0 Å². The maximum absolute atomic E-state index is 10.8. The van der Waals surface area contributed by atoms with E-state index in [2.05, 4.69) is 0 Å². The average Bonchev–Trinajstić information content (AvgIpc) is 2.26. The Morgan fingerprint density at radius 2 is 1.00 bits per heavy atom. The van der Waals surface area contributed by atoms with Gasteiger partial charge in [0.15, 0.2) is 0 Å². The van der Waals surface area contributed by atoms with Crippen LogP contribution in [0.3, 0.4) is 0 Å². The summed E-state index contributed by atoms with van der Waals surface area (Å²) in [7, 11) is 0. The molecule has 0 aromatic heterocycles. The van der Waals surface area contributed by atoms with Crippen LogP contribution in [0.4, 0.5) is 0 Å². The molecule has 0 aliphatic heterocycles. The van der Waals surface area contributed by atoms with Gasteiger partial charge in [0.05, 0.1) is 22.7 Å². The first kappa shape index (κ1) is 18.2. The summed E-state index contributed by atoms with van der Waals surface area (Å²) in [6, 6.07) is 0.920. The van der Waals surface area contributed by atoms with Crippen molar-refractivity contribution in [1.29, 1.82) is 0 Å². The molecule has 9 heteroatoms. The van der Waals surface area contributed by atoms with Crippen LogP contribution in [0.15, 0.2) is 12.1 Å². The molecule has 0 unspecified atom stereocenters. The molecular weight excluding hydrogens is 381 g/mol. The average molecular weight is 386 g/mol. The molecule has 0 bridgehead atoms. The Morgan fingerprint density at radius 1 is 0.737 bits per heavy atom. The third kappa shape index (κ3) is 4.06. The minimum absolute atomic E-state index is 0. The summed E-state index contributed by atoms with van der Waals surface area (Å²) < 4.78 is 0. The predicted octanol–water partition coefficient (Wildman–Crippen LogP) is -3.85. The Bertz CT molecular complexity index is 479. The van der Waals surface area contributed by atoms with Gasteiger partial charge in [-0.2, -0.15) is 0 Å². The zero-order valence-electron chi connectivity index (χ0n) is 9.54. The van der Waals surface area contributed by atoms with E-state index < -0.39 is 46.1 Å². The molecule has 1 aromatic carbocycles. The number of hydrogen-bond donors (Lipinski definition) is 3. The van der Waals surface area contributed by atoms with Crippen LogP contribution in [0, 0.1) is 0 Å². The van der Waals surface area contributed by atoms with Crippen LogP contribution in [0.2, 0.25) is 0 Å². The van der Waals surface area contributed by atoms with Gasteiger partial charge in [-0.15, -0.1) is 0 Å². The van der Waals surface area contributed by atoms with Crippen LogP contribution in [0.25, 0.3) is 0 Å². The van der Waals surface area contributed by atoms with Crippen molar-refractivity contribution in [3.05, 3.63) is 34.4 Å². The van der Waals surface area contributed by atoms with Crippen molar-refractivity contribution in [3.8, 4) is 0 Å². The Balaban J connectivity index is 0.00000324. The van der Waals surface area contributed by atoms with E-state index in [0.29, 0.717) is 12.1 Å². The first-order valence-corrected chi connectivity index (χ1v) is 4.35. The van der Waals surface area contributed by atoms with Gasteiger partial charge in [-0.1, -0.05) is 0 Å². The molecule has 1 rings (SSSR count). The summed E-state index contributed by atoms with van der Waals surface area (Å²) >= 11 is 0. The van der Waals surface area contributed by atoms with Crippen LogP contribution >= 0.6 is 0 Å². The molecule has 3 N–H and O–H groups in total. The van der Waals surface area contributed by atoms with Crippen molar-refractivity contribution in [2.45, 2.75) is 0 Å². The fourth-order valence-corrected chi connectivity index (χ4v) is 1.30. The molecule has 0 atom stereocenters. The summed E-state index contributed by atoms with van der Waals surface area (Å²) in [5, 5.41) is 36.8. The summed E-state index contributed by atoms with van der Waals surface area (Å²) in [6.45, 7) is 0. The van der Waals surface area contributed by atoms with Crippen molar-refractivity contribution in [3.63, 3.8) is 0 Å². The van der Waals surface area contributed by atoms with E-state index in [0.717, 1.165) is 0 Å². The number of carboxylic acid groups (broad SMARTS) is 4. The van der Waals surface area contributed by atoms with Crippen LogP contribution in [-0.2, 0) is 0 Å². The molecule has 8 nitrogen and oxygen atoms in total. The van der Waals surface area contributed by atoms with Gasteiger partial charge in [-0.05, 0) is 12.1 Å². The largest absolute Gasteiger partial charge is 1.00 e. The van der Waals surface area contributed by atoms with Crippen LogP contribution in [0.1, 0.15) is 41.4 Å². The van der Waals surface area contributed by atoms with Gasteiger partial charge in [-0.3, -0.25) is 0 Å². The first-order chi connectivity index (χ1) is 8.25. The van der Waals surface area contributed by atoms with E-state index in [1.165, 1.54) is 0 Å². The van der Waals surface area contributed by atoms with Gasteiger partial charge in [-0.25, -0.2) is 14.4 Å². The van der Waals surface area contributed by atoms with E-state index in [1.807, 2.05) is 0 Å². The molecule has 1 aromatic rings. The molecule has 0 spiro atoms. The van der Waals surface area contributed by atoms with Crippen molar-refractivity contribution in [2.24, 2.45) is 0 Å². The third-order valence-corrected chi connectivity index (χ3v) is 2.07. The SMILES string of the molecule is O=C([O-])c1cc(C(=O)O)c(C(=O)O)cc1C(=O)O.[Cs+]. The topological polar surface area (TPSA) is 152 Å². The Hall–Kier alpha value is -0.848. The molecule has 19 heavy (non-hydrogen) atoms. The molecule has 0 aliphatic rings. The standard InChI is InChI=1S/C10H6O8.Cs/c11-7(12)3-1-4(8(13)14)6(10(17)18)2-5(3)9(15)16;/h1-2H,(H,11,12)(H,13,14)(H,15,16)(H,17,18);/q;+1/p-1. The monoisotopic (exact) mass is 386 g/mol. The van der Waals surface area contributed by atoms with E-state index in [9.17, 15) is 24.3 Å². The third-order valence-electron chi connectivity index (χ3n) is 2.07. The summed E-state index contributed by atoms with van der Waals surface area (Å²) in [5.74, 6) is -6.98. The van der Waals surface area contributed by atoms with Crippen LogP contribution in [0.5, 0.6) is 0 Å². The van der Waals surface area contributed by atoms with Gasteiger partial charge in [0.25, 0.3) is 0 Å². The molecule has 0 aliphatic carbocycles. The minimum Gasteiger partial charge on any atom is -0.545 e. The maximum atomic E-state index is 10.8. The quantitative estimate of drug-likeness (QED) is 0.476. The predicted molar refractivity (Wildman–Crippen MR) is 51.7 cm³/mol. The second-order valence-corrected chi connectivity index (χ2v) is 3.15. The molecule has 0 heterocycles. The second-order valence-electron chi connectivity index (χ2n) is 3.15. The van der Waals surface area contributed by atoms with Crippen LogP contribution < -0.4 is 74.0 Å². The minimum atomic E-state index is -1.91. The Kier molecular flexibility index (Phi) is 6.76. The fourth-order valence-electron chi connectivity index (χ4n) is 1.30. The Labute approximate surface area is 164 Å². The molecular formula is C10H5CsO8. The molecule has 94 valence electrons. The van der Waals surface area contributed by atoms with E-state index in [4.69, 9.17) is 15.3 Å². The second kappa shape index (κ2) is 7.07. The van der Waals surface area contributed by atoms with E-state index in [-0.39, 0.29) is 68.9 Å². The zero-order valence-corrected chi connectivity index (χ0v) is 15.8. The van der Waals surface area contributed by atoms with Gasteiger partial charge < -0.3 is 25.2 Å². The van der Waals surface area contributed by atoms with Crippen molar-refractivity contribution >= 4 is 23.9 Å². The van der Waals surface area contributed by atoms with Gasteiger partial charge in [0, 0.05) is 5.56 Å². The number of hydrogen-bond acceptors (Lipinski definition) is 5. The molecule has 0 fully saturated rings. The summed E-state index contributed by atoms with van der Waals surface area (Å²) in [5.41, 5.74) is -3.39. The number of carboxylic acids is 4. The van der Waals surface area contributed by atoms with Gasteiger partial charge in [0.1, 0.15) is 0 Å². The van der Waals surface area contributed by atoms with E-state index in [1.54, 1.807) is 0 Å². The van der Waals surface area contributed by atoms with Gasteiger partial charge >= 0.3 is 86.8 Å². The number of aromatic carboxylic acids is 4. The van der Waals surface area contributed by atoms with Crippen molar-refractivity contribution in [2.75, 3.05) is 0 Å². The molecule has 0 amide bonds. The first-order valence-electron chi connectivity index (χ1n) is 4.35. The number of rotatable bonds is 4. The van der Waals surface area contributed by atoms with E-state index >= 15 is 0 Å². The normalized spacial score (nSPS) is 9.26. The fraction of sp³-hybridized carbons (Fsp3) is 0. The van der Waals surface area contributed by atoms with Crippen LogP contribution in [-0.4, -0.2) is 39.2 Å². The zero-order chi connectivity index (χ0) is 14.0. The van der Waals surface area contributed by atoms with Gasteiger partial charge in [0.2, 0.25) is 0 Å². The molecule has 0 saturated carbocycles.